The number of benzene rings is 2. The Labute approximate surface area is 148 Å². The van der Waals surface area contributed by atoms with E-state index in [4.69, 9.17) is 4.74 Å². The van der Waals surface area contributed by atoms with E-state index in [1.807, 2.05) is 39.0 Å². The number of ether oxygens (including phenoxy) is 1. The summed E-state index contributed by atoms with van der Waals surface area (Å²) in [7, 11) is -3.77. The van der Waals surface area contributed by atoms with Crippen molar-refractivity contribution in [3.05, 3.63) is 58.9 Å². The summed E-state index contributed by atoms with van der Waals surface area (Å²) in [6.07, 6.45) is 0.502. The molecule has 1 aliphatic heterocycles. The van der Waals surface area contributed by atoms with Crippen LogP contribution in [0.2, 0.25) is 0 Å². The summed E-state index contributed by atoms with van der Waals surface area (Å²) < 4.78 is 47.8. The van der Waals surface area contributed by atoms with Crippen LogP contribution in [0.15, 0.2) is 41.3 Å². The molecule has 0 spiro atoms. The number of hydrogen-bond acceptors (Lipinski definition) is 3. The molecule has 2 aromatic carbocycles. The van der Waals surface area contributed by atoms with E-state index in [0.717, 1.165) is 11.1 Å². The van der Waals surface area contributed by atoms with Crippen molar-refractivity contribution in [1.82, 2.24) is 4.72 Å². The Morgan fingerprint density at radius 3 is 2.56 bits per heavy atom. The molecule has 6 heteroatoms. The molecule has 1 atom stereocenters. The number of nitrogens with one attached hydrogen (secondary N) is 1. The molecule has 2 aromatic rings. The van der Waals surface area contributed by atoms with Crippen molar-refractivity contribution in [1.29, 1.82) is 0 Å². The van der Waals surface area contributed by atoms with Gasteiger partial charge in [0.25, 0.3) is 0 Å². The third-order valence-electron chi connectivity index (χ3n) is 4.36. The summed E-state index contributed by atoms with van der Waals surface area (Å²) in [4.78, 5) is 0.0596. The molecule has 1 N–H and O–H groups in total. The maximum atomic E-state index is 13.5. The average Bonchev–Trinajstić information content (AvgIpc) is 2.47. The number of halogens is 1. The molecule has 0 saturated carbocycles. The van der Waals surface area contributed by atoms with E-state index in [9.17, 15) is 12.8 Å². The van der Waals surface area contributed by atoms with Gasteiger partial charge in [-0.1, -0.05) is 12.1 Å². The Morgan fingerprint density at radius 2 is 1.88 bits per heavy atom. The first kappa shape index (κ1) is 17.9. The zero-order valence-corrected chi connectivity index (χ0v) is 15.6. The molecule has 1 unspecified atom stereocenters. The van der Waals surface area contributed by atoms with Gasteiger partial charge in [0, 0.05) is 12.0 Å². The Morgan fingerprint density at radius 1 is 1.16 bits per heavy atom. The SMILES string of the molecule is Cc1ccc2c(c1)OC(C)(C)CC2NS(=O)(=O)c1ccc(F)c(C)c1. The fourth-order valence-electron chi connectivity index (χ4n) is 3.10. The smallest absolute Gasteiger partial charge is 0.241 e. The maximum Gasteiger partial charge on any atom is 0.241 e. The Balaban J connectivity index is 1.98. The molecule has 0 aliphatic carbocycles. The van der Waals surface area contributed by atoms with Crippen LogP contribution in [-0.4, -0.2) is 14.0 Å². The lowest BCUT2D eigenvalue weighted by Gasteiger charge is -2.38. The molecule has 1 heterocycles. The second kappa shape index (κ2) is 6.11. The van der Waals surface area contributed by atoms with Crippen LogP contribution >= 0.6 is 0 Å². The van der Waals surface area contributed by atoms with Crippen molar-refractivity contribution >= 4 is 10.0 Å². The number of aryl methyl sites for hydroxylation is 2. The Kier molecular flexibility index (Phi) is 4.37. The molecule has 0 bridgehead atoms. The third kappa shape index (κ3) is 3.70. The van der Waals surface area contributed by atoms with Gasteiger partial charge in [0.15, 0.2) is 0 Å². The van der Waals surface area contributed by atoms with Gasteiger partial charge in [0.1, 0.15) is 17.2 Å². The fourth-order valence-corrected chi connectivity index (χ4v) is 4.40. The molecule has 0 aromatic heterocycles. The molecule has 25 heavy (non-hydrogen) atoms. The summed E-state index contributed by atoms with van der Waals surface area (Å²) in [5, 5.41) is 0. The van der Waals surface area contributed by atoms with Crippen molar-refractivity contribution < 1.29 is 17.5 Å². The van der Waals surface area contributed by atoms with E-state index in [2.05, 4.69) is 4.72 Å². The van der Waals surface area contributed by atoms with Crippen molar-refractivity contribution in [2.45, 2.75) is 50.7 Å². The summed E-state index contributed by atoms with van der Waals surface area (Å²) >= 11 is 0. The van der Waals surface area contributed by atoms with Crippen molar-refractivity contribution in [3.8, 4) is 5.75 Å². The minimum atomic E-state index is -3.77. The predicted octanol–water partition coefficient (Wildman–Crippen LogP) is 4.02. The van der Waals surface area contributed by atoms with Crippen molar-refractivity contribution in [3.63, 3.8) is 0 Å². The molecular weight excluding hydrogens is 341 g/mol. The average molecular weight is 363 g/mol. The van der Waals surface area contributed by atoms with Gasteiger partial charge in [-0.25, -0.2) is 17.5 Å². The molecule has 134 valence electrons. The second-order valence-electron chi connectivity index (χ2n) is 7.19. The topological polar surface area (TPSA) is 55.4 Å². The van der Waals surface area contributed by atoms with E-state index in [0.29, 0.717) is 17.7 Å². The highest BCUT2D eigenvalue weighted by atomic mass is 32.2. The van der Waals surface area contributed by atoms with Crippen LogP contribution in [0.5, 0.6) is 5.75 Å². The van der Waals surface area contributed by atoms with Gasteiger partial charge in [-0.05, 0) is 63.1 Å². The quantitative estimate of drug-likeness (QED) is 0.896. The minimum Gasteiger partial charge on any atom is -0.487 e. The summed E-state index contributed by atoms with van der Waals surface area (Å²) in [6, 6.07) is 9.14. The highest BCUT2D eigenvalue weighted by Gasteiger charge is 2.36. The zero-order valence-electron chi connectivity index (χ0n) is 14.8. The van der Waals surface area contributed by atoms with Crippen LogP contribution in [0.25, 0.3) is 0 Å². The van der Waals surface area contributed by atoms with Crippen LogP contribution < -0.4 is 9.46 Å². The van der Waals surface area contributed by atoms with Gasteiger partial charge in [-0.2, -0.15) is 0 Å². The monoisotopic (exact) mass is 363 g/mol. The Hall–Kier alpha value is -1.92. The van der Waals surface area contributed by atoms with Crippen LogP contribution in [0.3, 0.4) is 0 Å². The van der Waals surface area contributed by atoms with Crippen molar-refractivity contribution in [2.75, 3.05) is 0 Å². The van der Waals surface area contributed by atoms with Crippen LogP contribution in [0, 0.1) is 19.7 Å². The lowest BCUT2D eigenvalue weighted by Crippen LogP contribution is -2.41. The second-order valence-corrected chi connectivity index (χ2v) is 8.91. The first-order chi connectivity index (χ1) is 11.6. The van der Waals surface area contributed by atoms with Crippen LogP contribution in [0.4, 0.5) is 4.39 Å². The molecule has 4 nitrogen and oxygen atoms in total. The highest BCUT2D eigenvalue weighted by Crippen LogP contribution is 2.40. The van der Waals surface area contributed by atoms with Gasteiger partial charge >= 0.3 is 0 Å². The van der Waals surface area contributed by atoms with Crippen LogP contribution in [-0.2, 0) is 10.0 Å². The first-order valence-electron chi connectivity index (χ1n) is 8.15. The van der Waals surface area contributed by atoms with Gasteiger partial charge in [0.05, 0.1) is 10.9 Å². The Bertz CT molecular complexity index is 922. The number of sulfonamides is 1. The largest absolute Gasteiger partial charge is 0.487 e. The molecule has 3 rings (SSSR count). The number of fused-ring (bicyclic) bond motifs is 1. The normalized spacial score (nSPS) is 19.2. The van der Waals surface area contributed by atoms with Gasteiger partial charge in [-0.3, -0.25) is 0 Å². The summed E-state index contributed by atoms with van der Waals surface area (Å²) in [5.41, 5.74) is 1.66. The van der Waals surface area contributed by atoms with E-state index >= 15 is 0 Å². The van der Waals surface area contributed by atoms with E-state index < -0.39 is 27.5 Å². The first-order valence-corrected chi connectivity index (χ1v) is 9.64. The molecule has 1 aliphatic rings. The van der Waals surface area contributed by atoms with E-state index in [1.165, 1.54) is 18.2 Å². The lowest BCUT2D eigenvalue weighted by atomic mass is 9.90. The highest BCUT2D eigenvalue weighted by molar-refractivity contribution is 7.89. The molecule has 0 fully saturated rings. The van der Waals surface area contributed by atoms with E-state index in [-0.39, 0.29) is 4.90 Å². The molecular formula is C19H22FNO3S. The van der Waals surface area contributed by atoms with Crippen LogP contribution in [0.1, 0.15) is 43.0 Å². The molecule has 0 radical (unpaired) electrons. The summed E-state index contributed by atoms with van der Waals surface area (Å²) in [5.74, 6) is 0.270. The number of rotatable bonds is 3. The molecule has 0 amide bonds. The lowest BCUT2D eigenvalue weighted by molar-refractivity contribution is 0.0701. The van der Waals surface area contributed by atoms with Gasteiger partial charge < -0.3 is 4.74 Å². The third-order valence-corrected chi connectivity index (χ3v) is 5.83. The maximum absolute atomic E-state index is 13.5. The van der Waals surface area contributed by atoms with Gasteiger partial charge in [-0.15, -0.1) is 0 Å². The van der Waals surface area contributed by atoms with Crippen molar-refractivity contribution in [2.24, 2.45) is 0 Å². The zero-order chi connectivity index (χ0) is 18.4. The van der Waals surface area contributed by atoms with E-state index in [1.54, 1.807) is 6.92 Å². The van der Waals surface area contributed by atoms with Gasteiger partial charge in [0.2, 0.25) is 10.0 Å². The summed E-state index contributed by atoms with van der Waals surface area (Å²) in [6.45, 7) is 7.37. The minimum absolute atomic E-state index is 0.0596. The molecule has 0 saturated heterocycles. The number of hydrogen-bond donors (Lipinski definition) is 1. The fraction of sp³-hybridized carbons (Fsp3) is 0.368. The standard InChI is InChI=1S/C19H22FNO3S/c1-12-5-7-15-17(11-19(3,4)24-18(15)9-12)21-25(22,23)14-6-8-16(20)13(2)10-14/h5-10,17,21H,11H2,1-4H3. The predicted molar refractivity (Wildman–Crippen MR) is 94.7 cm³/mol.